The van der Waals surface area contributed by atoms with Crippen molar-refractivity contribution < 1.29 is 15.0 Å². The number of fused-ring (bicyclic) bond motifs is 1. The van der Waals surface area contributed by atoms with Crippen LogP contribution in [0.1, 0.15) is 30.6 Å². The molecule has 2 atom stereocenters. The summed E-state index contributed by atoms with van der Waals surface area (Å²) in [7, 11) is 0. The number of aliphatic hydroxyl groups excluding tert-OH is 2. The van der Waals surface area contributed by atoms with Crippen molar-refractivity contribution in [3.8, 4) is 0 Å². The van der Waals surface area contributed by atoms with Crippen LogP contribution in [0.5, 0.6) is 0 Å². The molecule has 4 nitrogen and oxygen atoms in total. The molecule has 4 heteroatoms. The minimum atomic E-state index is -0.968. The summed E-state index contributed by atoms with van der Waals surface area (Å²) >= 11 is 0. The number of aliphatic hydroxyl groups is 2. The van der Waals surface area contributed by atoms with Crippen LogP contribution in [0.2, 0.25) is 0 Å². The molecule has 0 bridgehead atoms. The Bertz CT molecular complexity index is 639. The van der Waals surface area contributed by atoms with Crippen LogP contribution in [0.4, 0.5) is 0 Å². The van der Waals surface area contributed by atoms with Crippen molar-refractivity contribution in [2.24, 2.45) is 0 Å². The molecule has 2 unspecified atom stereocenters. The molecule has 3 N–H and O–H groups in total. The summed E-state index contributed by atoms with van der Waals surface area (Å²) in [6.45, 7) is 3.70. The molecule has 0 aliphatic carbocycles. The zero-order chi connectivity index (χ0) is 15.4. The van der Waals surface area contributed by atoms with Crippen LogP contribution in [0, 0.1) is 6.92 Å². The Morgan fingerprint density at radius 1 is 1.19 bits per heavy atom. The Balaban J connectivity index is 2.24. The predicted molar refractivity (Wildman–Crippen MR) is 83.0 cm³/mol. The summed E-state index contributed by atoms with van der Waals surface area (Å²) in [6.07, 6.45) is -1.57. The van der Waals surface area contributed by atoms with Crippen molar-refractivity contribution in [2.75, 3.05) is 6.54 Å². The van der Waals surface area contributed by atoms with Crippen LogP contribution in [0.15, 0.2) is 36.4 Å². The van der Waals surface area contributed by atoms with Crippen LogP contribution < -0.4 is 5.32 Å². The second kappa shape index (κ2) is 6.70. The van der Waals surface area contributed by atoms with Crippen LogP contribution in [0.3, 0.4) is 0 Å². The second-order valence-electron chi connectivity index (χ2n) is 5.30. The molecular formula is C17H21NO3. The average molecular weight is 287 g/mol. The Kier molecular flexibility index (Phi) is 4.94. The Morgan fingerprint density at radius 2 is 1.90 bits per heavy atom. The number of carbonyl (C=O) groups excluding carboxylic acids is 1. The Labute approximate surface area is 124 Å². The average Bonchev–Trinajstić information content (AvgIpc) is 2.46. The predicted octanol–water partition coefficient (Wildman–Crippen LogP) is 2.07. The molecule has 0 aromatic heterocycles. The topological polar surface area (TPSA) is 69.6 Å². The zero-order valence-corrected chi connectivity index (χ0v) is 12.3. The monoisotopic (exact) mass is 287 g/mol. The van der Waals surface area contributed by atoms with E-state index in [9.17, 15) is 15.0 Å². The van der Waals surface area contributed by atoms with Gasteiger partial charge < -0.3 is 15.5 Å². The molecule has 2 aromatic rings. The summed E-state index contributed by atoms with van der Waals surface area (Å²) in [6, 6.07) is 11.7. The third-order valence-electron chi connectivity index (χ3n) is 3.66. The molecule has 0 saturated carbocycles. The summed E-state index contributed by atoms with van der Waals surface area (Å²) in [5, 5.41) is 25.2. The molecule has 112 valence electrons. The van der Waals surface area contributed by atoms with Gasteiger partial charge in [0.1, 0.15) is 6.10 Å². The number of rotatable bonds is 5. The van der Waals surface area contributed by atoms with E-state index in [1.807, 2.05) is 43.3 Å². The van der Waals surface area contributed by atoms with Gasteiger partial charge >= 0.3 is 0 Å². The zero-order valence-electron chi connectivity index (χ0n) is 12.3. The van der Waals surface area contributed by atoms with E-state index in [1.165, 1.54) is 6.92 Å². The molecule has 2 rings (SSSR count). The number of benzene rings is 2. The smallest absolute Gasteiger partial charge is 0.216 e. The Morgan fingerprint density at radius 3 is 2.62 bits per heavy atom. The van der Waals surface area contributed by atoms with Crippen LogP contribution >= 0.6 is 0 Å². The quantitative estimate of drug-likeness (QED) is 0.788. The lowest BCUT2D eigenvalue weighted by molar-refractivity contribution is -0.119. The number of hydrogen-bond donors (Lipinski definition) is 3. The van der Waals surface area contributed by atoms with Gasteiger partial charge in [-0.25, -0.2) is 0 Å². The van der Waals surface area contributed by atoms with E-state index in [-0.39, 0.29) is 5.91 Å². The summed E-state index contributed by atoms with van der Waals surface area (Å²) < 4.78 is 0. The molecule has 1 amide bonds. The maximum atomic E-state index is 10.8. The summed E-state index contributed by atoms with van der Waals surface area (Å²) in [5.74, 6) is -0.141. The van der Waals surface area contributed by atoms with E-state index in [0.29, 0.717) is 13.0 Å². The van der Waals surface area contributed by atoms with Gasteiger partial charge in [-0.05, 0) is 35.2 Å². The van der Waals surface area contributed by atoms with Crippen molar-refractivity contribution in [2.45, 2.75) is 32.5 Å². The van der Waals surface area contributed by atoms with E-state index in [1.54, 1.807) is 0 Å². The minimum Gasteiger partial charge on any atom is -0.390 e. The highest BCUT2D eigenvalue weighted by Crippen LogP contribution is 2.30. The van der Waals surface area contributed by atoms with Crippen molar-refractivity contribution >= 4 is 16.7 Å². The van der Waals surface area contributed by atoms with Crippen LogP contribution in [-0.4, -0.2) is 28.8 Å². The van der Waals surface area contributed by atoms with Gasteiger partial charge in [0, 0.05) is 13.5 Å². The van der Waals surface area contributed by atoms with Crippen molar-refractivity contribution in [1.29, 1.82) is 0 Å². The summed E-state index contributed by atoms with van der Waals surface area (Å²) in [5.41, 5.74) is 1.70. The maximum absolute atomic E-state index is 10.8. The molecule has 0 heterocycles. The maximum Gasteiger partial charge on any atom is 0.216 e. The molecule has 0 spiro atoms. The number of hydrogen-bond acceptors (Lipinski definition) is 3. The van der Waals surface area contributed by atoms with Crippen LogP contribution in [-0.2, 0) is 4.79 Å². The van der Waals surface area contributed by atoms with Gasteiger partial charge in [0.2, 0.25) is 5.91 Å². The number of nitrogens with one attached hydrogen (secondary N) is 1. The number of amides is 1. The van der Waals surface area contributed by atoms with Crippen LogP contribution in [0.25, 0.3) is 10.8 Å². The number of aryl methyl sites for hydroxylation is 1. The normalized spacial score (nSPS) is 13.9. The molecule has 0 saturated heterocycles. The van der Waals surface area contributed by atoms with Gasteiger partial charge in [-0.3, -0.25) is 4.79 Å². The largest absolute Gasteiger partial charge is 0.390 e. The highest BCUT2D eigenvalue weighted by molar-refractivity contribution is 5.87. The lowest BCUT2D eigenvalue weighted by Crippen LogP contribution is -2.28. The SMILES string of the molecule is CC(=O)NCCC(O)C(O)c1c(C)ccc2ccccc12. The first-order valence-corrected chi connectivity index (χ1v) is 7.09. The second-order valence-corrected chi connectivity index (χ2v) is 5.30. The van der Waals surface area contributed by atoms with Gasteiger partial charge in [0.15, 0.2) is 0 Å². The molecule has 0 fully saturated rings. The first kappa shape index (κ1) is 15.5. The highest BCUT2D eigenvalue weighted by atomic mass is 16.3. The van der Waals surface area contributed by atoms with Gasteiger partial charge in [0.25, 0.3) is 0 Å². The fourth-order valence-corrected chi connectivity index (χ4v) is 2.54. The van der Waals surface area contributed by atoms with E-state index in [2.05, 4.69) is 5.32 Å². The third kappa shape index (κ3) is 3.60. The lowest BCUT2D eigenvalue weighted by Gasteiger charge is -2.22. The first-order valence-electron chi connectivity index (χ1n) is 7.09. The van der Waals surface area contributed by atoms with E-state index >= 15 is 0 Å². The Hall–Kier alpha value is -1.91. The molecule has 0 radical (unpaired) electrons. The number of carbonyl (C=O) groups is 1. The van der Waals surface area contributed by atoms with E-state index in [0.717, 1.165) is 21.9 Å². The molecular weight excluding hydrogens is 266 g/mol. The first-order chi connectivity index (χ1) is 10.0. The summed E-state index contributed by atoms with van der Waals surface area (Å²) in [4.78, 5) is 10.8. The van der Waals surface area contributed by atoms with E-state index < -0.39 is 12.2 Å². The van der Waals surface area contributed by atoms with Crippen molar-refractivity contribution in [3.63, 3.8) is 0 Å². The van der Waals surface area contributed by atoms with Gasteiger partial charge in [-0.15, -0.1) is 0 Å². The fourth-order valence-electron chi connectivity index (χ4n) is 2.54. The molecule has 0 aliphatic rings. The van der Waals surface area contributed by atoms with Crippen molar-refractivity contribution in [3.05, 3.63) is 47.5 Å². The molecule has 2 aromatic carbocycles. The standard InChI is InChI=1S/C17H21NO3/c1-11-7-8-13-5-3-4-6-14(13)16(11)17(21)15(20)9-10-18-12(2)19/h3-8,15,17,20-21H,9-10H2,1-2H3,(H,18,19). The van der Waals surface area contributed by atoms with Gasteiger partial charge in [0.05, 0.1) is 6.10 Å². The fraction of sp³-hybridized carbons (Fsp3) is 0.353. The highest BCUT2D eigenvalue weighted by Gasteiger charge is 2.21. The van der Waals surface area contributed by atoms with E-state index in [4.69, 9.17) is 0 Å². The van der Waals surface area contributed by atoms with Crippen molar-refractivity contribution in [1.82, 2.24) is 5.32 Å². The third-order valence-corrected chi connectivity index (χ3v) is 3.66. The van der Waals surface area contributed by atoms with Gasteiger partial charge in [-0.1, -0.05) is 36.4 Å². The molecule has 0 aliphatic heterocycles. The lowest BCUT2D eigenvalue weighted by atomic mass is 9.92. The minimum absolute atomic E-state index is 0.141. The van der Waals surface area contributed by atoms with Gasteiger partial charge in [-0.2, -0.15) is 0 Å². The molecule has 21 heavy (non-hydrogen) atoms.